The maximum atomic E-state index is 13.5. The first-order valence-corrected chi connectivity index (χ1v) is 8.37. The zero-order chi connectivity index (χ0) is 18.1. The second-order valence-electron chi connectivity index (χ2n) is 6.23. The topological polar surface area (TPSA) is 64.7 Å². The number of rotatable bonds is 5. The number of benzene rings is 1. The molecule has 0 bridgehead atoms. The highest BCUT2D eigenvalue weighted by Crippen LogP contribution is 2.26. The molecule has 0 unspecified atom stereocenters. The smallest absolute Gasteiger partial charge is 0.268 e. The monoisotopic (exact) mass is 343 g/mol. The Hall–Kier alpha value is -2.70. The zero-order valence-corrected chi connectivity index (χ0v) is 14.9. The van der Waals surface area contributed by atoms with Gasteiger partial charge in [0.25, 0.3) is 5.91 Å². The van der Waals surface area contributed by atoms with Crippen molar-refractivity contribution in [3.8, 4) is 0 Å². The molecule has 0 saturated carbocycles. The quantitative estimate of drug-likeness (QED) is 0.774. The lowest BCUT2D eigenvalue weighted by atomic mass is 10.1. The van der Waals surface area contributed by atoms with E-state index in [1.807, 2.05) is 20.9 Å². The maximum Gasteiger partial charge on any atom is 0.268 e. The molecule has 7 heteroatoms. The predicted molar refractivity (Wildman–Crippen MR) is 93.8 cm³/mol. The van der Waals surface area contributed by atoms with Crippen LogP contribution < -0.4 is 5.32 Å². The van der Waals surface area contributed by atoms with Gasteiger partial charge in [0, 0.05) is 24.5 Å². The number of nitrogens with zero attached hydrogens (tertiary/aromatic N) is 4. The minimum atomic E-state index is -0.311. The number of hydrogen-bond donors (Lipinski definition) is 1. The van der Waals surface area contributed by atoms with Crippen LogP contribution in [0.1, 0.15) is 48.2 Å². The second-order valence-corrected chi connectivity index (χ2v) is 6.23. The Morgan fingerprint density at radius 3 is 2.88 bits per heavy atom. The molecule has 3 rings (SSSR count). The Bertz CT molecular complexity index is 927. The fraction of sp³-hybridized carbons (Fsp3) is 0.389. The van der Waals surface area contributed by atoms with Gasteiger partial charge in [-0.25, -0.2) is 14.1 Å². The van der Waals surface area contributed by atoms with E-state index in [4.69, 9.17) is 0 Å². The van der Waals surface area contributed by atoms with Crippen molar-refractivity contribution in [3.05, 3.63) is 47.4 Å². The zero-order valence-electron chi connectivity index (χ0n) is 14.9. The van der Waals surface area contributed by atoms with E-state index in [0.29, 0.717) is 5.69 Å². The van der Waals surface area contributed by atoms with E-state index in [-0.39, 0.29) is 17.8 Å². The molecule has 0 aliphatic carbocycles. The normalized spacial score (nSPS) is 12.5. The highest BCUT2D eigenvalue weighted by Gasteiger charge is 2.22. The first-order chi connectivity index (χ1) is 11.9. The van der Waals surface area contributed by atoms with Gasteiger partial charge < -0.3 is 9.88 Å². The summed E-state index contributed by atoms with van der Waals surface area (Å²) in [6.45, 7) is 6.53. The van der Waals surface area contributed by atoms with Gasteiger partial charge in [0.2, 0.25) is 0 Å². The third-order valence-corrected chi connectivity index (χ3v) is 4.45. The molecule has 1 atom stereocenters. The van der Waals surface area contributed by atoms with E-state index in [1.54, 1.807) is 15.3 Å². The van der Waals surface area contributed by atoms with Crippen molar-refractivity contribution in [2.45, 2.75) is 39.8 Å². The van der Waals surface area contributed by atoms with E-state index < -0.39 is 0 Å². The van der Waals surface area contributed by atoms with Gasteiger partial charge >= 0.3 is 0 Å². The Morgan fingerprint density at radius 1 is 1.40 bits per heavy atom. The fourth-order valence-corrected chi connectivity index (χ4v) is 3.25. The molecule has 0 spiro atoms. The van der Waals surface area contributed by atoms with Crippen molar-refractivity contribution in [3.63, 3.8) is 0 Å². The lowest BCUT2D eigenvalue weighted by molar-refractivity contribution is 0.0929. The van der Waals surface area contributed by atoms with Crippen LogP contribution in [-0.4, -0.2) is 25.2 Å². The van der Waals surface area contributed by atoms with Gasteiger partial charge in [-0.1, -0.05) is 6.92 Å². The van der Waals surface area contributed by atoms with E-state index >= 15 is 0 Å². The molecule has 0 saturated heterocycles. The third kappa shape index (κ3) is 3.01. The number of carbonyl (C=O) groups excluding carboxylic acids is 1. The molecular weight excluding hydrogens is 321 g/mol. The maximum absolute atomic E-state index is 13.5. The largest absolute Gasteiger partial charge is 0.341 e. The molecule has 1 amide bonds. The summed E-state index contributed by atoms with van der Waals surface area (Å²) < 4.78 is 17.1. The van der Waals surface area contributed by atoms with Gasteiger partial charge in [0.1, 0.15) is 23.7 Å². The number of hydrogen-bond acceptors (Lipinski definition) is 3. The SMILES string of the molecule is CCCn1ncnc1[C@H](C)NC(=O)c1c(C)c2cc(F)ccc2n1C. The highest BCUT2D eigenvalue weighted by atomic mass is 19.1. The van der Waals surface area contributed by atoms with Crippen molar-refractivity contribution in [2.24, 2.45) is 7.05 Å². The predicted octanol–water partition coefficient (Wildman–Crippen LogP) is 3.12. The van der Waals surface area contributed by atoms with Crippen LogP contribution in [-0.2, 0) is 13.6 Å². The van der Waals surface area contributed by atoms with Crippen LogP contribution in [0, 0.1) is 12.7 Å². The Morgan fingerprint density at radius 2 is 2.16 bits per heavy atom. The number of aromatic nitrogens is 4. The molecule has 132 valence electrons. The second kappa shape index (κ2) is 6.66. The van der Waals surface area contributed by atoms with Crippen LogP contribution >= 0.6 is 0 Å². The summed E-state index contributed by atoms with van der Waals surface area (Å²) in [6, 6.07) is 4.27. The molecule has 25 heavy (non-hydrogen) atoms. The summed E-state index contributed by atoms with van der Waals surface area (Å²) in [5.74, 6) is 0.196. The first kappa shape index (κ1) is 17.1. The molecular formula is C18H22FN5O. The summed E-state index contributed by atoms with van der Waals surface area (Å²) in [6.07, 6.45) is 2.43. The van der Waals surface area contributed by atoms with Gasteiger partial charge in [-0.05, 0) is 44.0 Å². The summed E-state index contributed by atoms with van der Waals surface area (Å²) in [4.78, 5) is 17.1. The Labute approximate surface area is 145 Å². The summed E-state index contributed by atoms with van der Waals surface area (Å²) in [7, 11) is 1.81. The average Bonchev–Trinajstić information content (AvgIpc) is 3.11. The van der Waals surface area contributed by atoms with E-state index in [9.17, 15) is 9.18 Å². The first-order valence-electron chi connectivity index (χ1n) is 8.37. The minimum Gasteiger partial charge on any atom is -0.341 e. The third-order valence-electron chi connectivity index (χ3n) is 4.45. The fourth-order valence-electron chi connectivity index (χ4n) is 3.25. The van der Waals surface area contributed by atoms with Crippen molar-refractivity contribution in [2.75, 3.05) is 0 Å². The van der Waals surface area contributed by atoms with E-state index in [1.165, 1.54) is 18.5 Å². The molecule has 3 aromatic rings. The van der Waals surface area contributed by atoms with Crippen LogP contribution in [0.15, 0.2) is 24.5 Å². The van der Waals surface area contributed by atoms with Crippen molar-refractivity contribution >= 4 is 16.8 Å². The number of nitrogens with one attached hydrogen (secondary N) is 1. The van der Waals surface area contributed by atoms with Crippen LogP contribution in [0.25, 0.3) is 10.9 Å². The van der Waals surface area contributed by atoms with Crippen molar-refractivity contribution in [1.82, 2.24) is 24.6 Å². The molecule has 2 aromatic heterocycles. The molecule has 1 N–H and O–H groups in total. The highest BCUT2D eigenvalue weighted by molar-refractivity contribution is 6.01. The van der Waals surface area contributed by atoms with Gasteiger partial charge in [-0.3, -0.25) is 4.79 Å². The van der Waals surface area contributed by atoms with Gasteiger partial charge in [0.15, 0.2) is 0 Å². The van der Waals surface area contributed by atoms with Gasteiger partial charge in [0.05, 0.1) is 6.04 Å². The molecule has 6 nitrogen and oxygen atoms in total. The van der Waals surface area contributed by atoms with Crippen molar-refractivity contribution in [1.29, 1.82) is 0 Å². The van der Waals surface area contributed by atoms with E-state index in [0.717, 1.165) is 35.3 Å². The molecule has 2 heterocycles. The number of amides is 1. The number of carbonyl (C=O) groups is 1. The Balaban J connectivity index is 1.91. The summed E-state index contributed by atoms with van der Waals surface area (Å²) >= 11 is 0. The molecule has 0 aliphatic rings. The molecule has 0 aliphatic heterocycles. The summed E-state index contributed by atoms with van der Waals surface area (Å²) in [5, 5.41) is 7.92. The molecule has 1 aromatic carbocycles. The molecule has 0 radical (unpaired) electrons. The summed E-state index contributed by atoms with van der Waals surface area (Å²) in [5.41, 5.74) is 2.11. The number of halogens is 1. The van der Waals surface area contributed by atoms with Crippen molar-refractivity contribution < 1.29 is 9.18 Å². The van der Waals surface area contributed by atoms with E-state index in [2.05, 4.69) is 22.3 Å². The van der Waals surface area contributed by atoms with Gasteiger partial charge in [-0.2, -0.15) is 5.10 Å². The Kier molecular flexibility index (Phi) is 4.57. The number of aryl methyl sites for hydroxylation is 3. The van der Waals surface area contributed by atoms with Crippen LogP contribution in [0.5, 0.6) is 0 Å². The lowest BCUT2D eigenvalue weighted by Crippen LogP contribution is -2.30. The average molecular weight is 343 g/mol. The van der Waals surface area contributed by atoms with Gasteiger partial charge in [-0.15, -0.1) is 0 Å². The van der Waals surface area contributed by atoms with Crippen LogP contribution in [0.4, 0.5) is 4.39 Å². The lowest BCUT2D eigenvalue weighted by Gasteiger charge is -2.15. The molecule has 0 fully saturated rings. The van der Waals surface area contributed by atoms with Crippen LogP contribution in [0.3, 0.4) is 0 Å². The number of fused-ring (bicyclic) bond motifs is 1. The minimum absolute atomic E-state index is 0.213. The standard InChI is InChI=1S/C18H22FN5O/c1-5-8-24-17(20-10-21-24)12(3)22-18(25)16-11(2)14-9-13(19)6-7-15(14)23(16)4/h6-7,9-10,12H,5,8H2,1-4H3,(H,22,25)/t12-/m0/s1. The van der Waals surface area contributed by atoms with Crippen LogP contribution in [0.2, 0.25) is 0 Å².